The molecule has 16 heavy (non-hydrogen) atoms. The molecular weight excluding hydrogens is 206 g/mol. The first-order valence-electron chi connectivity index (χ1n) is 5.46. The maximum atomic E-state index is 11.5. The largest absolute Gasteiger partial charge is 0.466 e. The zero-order chi connectivity index (χ0) is 12.0. The topological polar surface area (TPSA) is 73.3 Å². The van der Waals surface area contributed by atoms with E-state index in [9.17, 15) is 9.59 Å². The number of aryl methyl sites for hydroxylation is 1. The maximum Gasteiger partial charge on any atom is 0.146 e. The van der Waals surface area contributed by atoms with Crippen LogP contribution in [0.4, 0.5) is 0 Å². The summed E-state index contributed by atoms with van der Waals surface area (Å²) in [7, 11) is 0. The average molecular weight is 223 g/mol. The number of hydrogen-bond acceptors (Lipinski definition) is 4. The second-order valence-corrected chi connectivity index (χ2v) is 3.68. The van der Waals surface area contributed by atoms with Crippen molar-refractivity contribution in [2.24, 2.45) is 5.73 Å². The van der Waals surface area contributed by atoms with E-state index in [0.717, 1.165) is 12.2 Å². The van der Waals surface area contributed by atoms with Crippen LogP contribution in [0.25, 0.3) is 0 Å². The number of ketones is 2. The fourth-order valence-corrected chi connectivity index (χ4v) is 1.37. The summed E-state index contributed by atoms with van der Waals surface area (Å²) >= 11 is 0. The summed E-state index contributed by atoms with van der Waals surface area (Å²) in [5.74, 6) is 1.48. The number of hydrogen-bond donors (Lipinski definition) is 1. The zero-order valence-electron chi connectivity index (χ0n) is 9.49. The van der Waals surface area contributed by atoms with E-state index in [1.165, 1.54) is 0 Å². The number of carbonyl (C=O) groups excluding carboxylic acids is 2. The van der Waals surface area contributed by atoms with Crippen molar-refractivity contribution in [1.82, 2.24) is 0 Å². The molecule has 4 heteroatoms. The van der Waals surface area contributed by atoms with Crippen molar-refractivity contribution in [1.29, 1.82) is 0 Å². The lowest BCUT2D eigenvalue weighted by atomic mass is 10.1. The van der Waals surface area contributed by atoms with Gasteiger partial charge in [0, 0.05) is 19.3 Å². The van der Waals surface area contributed by atoms with Crippen LogP contribution in [0, 0.1) is 0 Å². The molecule has 0 fully saturated rings. The lowest BCUT2D eigenvalue weighted by Crippen LogP contribution is -2.15. The normalized spacial score (nSPS) is 10.4. The lowest BCUT2D eigenvalue weighted by Gasteiger charge is -1.97. The molecule has 0 aliphatic carbocycles. The van der Waals surface area contributed by atoms with E-state index in [-0.39, 0.29) is 37.4 Å². The van der Waals surface area contributed by atoms with Crippen molar-refractivity contribution < 1.29 is 14.0 Å². The Hall–Kier alpha value is -1.42. The number of Topliss-reactive ketones (excluding diaryl/α,β-unsaturated/α-hetero) is 2. The Labute approximate surface area is 94.8 Å². The molecule has 1 rings (SSSR count). The Kier molecular flexibility index (Phi) is 4.92. The molecule has 1 aromatic heterocycles. The van der Waals surface area contributed by atoms with Crippen LogP contribution in [-0.4, -0.2) is 18.1 Å². The van der Waals surface area contributed by atoms with Crippen LogP contribution in [0.15, 0.2) is 16.5 Å². The van der Waals surface area contributed by atoms with Crippen molar-refractivity contribution in [2.45, 2.75) is 32.6 Å². The summed E-state index contributed by atoms with van der Waals surface area (Å²) in [6, 6.07) is 3.68. The van der Waals surface area contributed by atoms with E-state index >= 15 is 0 Å². The van der Waals surface area contributed by atoms with Gasteiger partial charge >= 0.3 is 0 Å². The lowest BCUT2D eigenvalue weighted by molar-refractivity contribution is -0.123. The molecule has 0 saturated heterocycles. The highest BCUT2D eigenvalue weighted by Crippen LogP contribution is 2.10. The Morgan fingerprint density at radius 1 is 1.19 bits per heavy atom. The van der Waals surface area contributed by atoms with E-state index in [1.54, 1.807) is 0 Å². The van der Waals surface area contributed by atoms with Gasteiger partial charge in [-0.2, -0.15) is 0 Å². The maximum absolute atomic E-state index is 11.5. The molecular formula is C12H17NO3. The first-order chi connectivity index (χ1) is 7.65. The van der Waals surface area contributed by atoms with Crippen molar-refractivity contribution in [2.75, 3.05) is 6.54 Å². The molecule has 0 aliphatic rings. The predicted octanol–water partition coefficient (Wildman–Crippen LogP) is 1.26. The van der Waals surface area contributed by atoms with Crippen molar-refractivity contribution >= 4 is 11.6 Å². The van der Waals surface area contributed by atoms with Gasteiger partial charge in [-0.3, -0.25) is 9.59 Å². The van der Waals surface area contributed by atoms with Crippen molar-refractivity contribution in [3.8, 4) is 0 Å². The summed E-state index contributed by atoms with van der Waals surface area (Å²) in [5.41, 5.74) is 5.15. The molecule has 0 aromatic carbocycles. The summed E-state index contributed by atoms with van der Waals surface area (Å²) in [6.45, 7) is 2.00. The minimum absolute atomic E-state index is 0.00795. The van der Waals surface area contributed by atoms with E-state index in [0.29, 0.717) is 5.76 Å². The first kappa shape index (κ1) is 12.6. The molecule has 0 bridgehead atoms. The first-order valence-corrected chi connectivity index (χ1v) is 5.46. The van der Waals surface area contributed by atoms with Crippen molar-refractivity contribution in [3.05, 3.63) is 23.7 Å². The summed E-state index contributed by atoms with van der Waals surface area (Å²) in [4.78, 5) is 22.4. The third-order valence-electron chi connectivity index (χ3n) is 2.35. The predicted molar refractivity (Wildman–Crippen MR) is 60.1 cm³/mol. The minimum atomic E-state index is -0.0814. The molecule has 88 valence electrons. The van der Waals surface area contributed by atoms with E-state index in [2.05, 4.69) is 0 Å². The minimum Gasteiger partial charge on any atom is -0.466 e. The summed E-state index contributed by atoms with van der Waals surface area (Å²) < 4.78 is 5.41. The third-order valence-corrected chi connectivity index (χ3v) is 2.35. The van der Waals surface area contributed by atoms with Gasteiger partial charge in [0.1, 0.15) is 23.1 Å². The second-order valence-electron chi connectivity index (χ2n) is 3.68. The van der Waals surface area contributed by atoms with Crippen LogP contribution in [0.2, 0.25) is 0 Å². The molecule has 0 saturated carbocycles. The van der Waals surface area contributed by atoms with E-state index in [1.807, 2.05) is 19.1 Å². The zero-order valence-corrected chi connectivity index (χ0v) is 9.49. The van der Waals surface area contributed by atoms with Gasteiger partial charge in [-0.25, -0.2) is 0 Å². The third kappa shape index (κ3) is 3.98. The van der Waals surface area contributed by atoms with Crippen LogP contribution in [0.3, 0.4) is 0 Å². The van der Waals surface area contributed by atoms with Crippen LogP contribution < -0.4 is 5.73 Å². The number of rotatable bonds is 7. The fraction of sp³-hybridized carbons (Fsp3) is 0.500. The fourth-order valence-electron chi connectivity index (χ4n) is 1.37. The Morgan fingerprint density at radius 3 is 2.38 bits per heavy atom. The molecule has 0 aliphatic heterocycles. The highest BCUT2D eigenvalue weighted by atomic mass is 16.3. The molecule has 0 atom stereocenters. The quantitative estimate of drug-likeness (QED) is 0.755. The molecule has 4 nitrogen and oxygen atoms in total. The number of carbonyl (C=O) groups is 2. The molecule has 0 spiro atoms. The highest BCUT2D eigenvalue weighted by Gasteiger charge is 2.09. The van der Waals surface area contributed by atoms with Crippen LogP contribution in [0.1, 0.15) is 31.3 Å². The SMILES string of the molecule is CCc1ccc(CC(=O)CCC(=O)CN)o1. The van der Waals surface area contributed by atoms with Gasteiger partial charge in [0.2, 0.25) is 0 Å². The number of furan rings is 1. The van der Waals surface area contributed by atoms with Gasteiger partial charge in [-0.1, -0.05) is 6.92 Å². The summed E-state index contributed by atoms with van der Waals surface area (Å²) in [6.07, 6.45) is 1.56. The Morgan fingerprint density at radius 2 is 1.81 bits per heavy atom. The standard InChI is InChI=1S/C12H17NO3/c1-2-11-5-6-12(16-11)7-9(14)3-4-10(15)8-13/h5-6H,2-4,7-8,13H2,1H3. The van der Waals surface area contributed by atoms with Gasteiger partial charge in [-0.15, -0.1) is 0 Å². The molecule has 2 N–H and O–H groups in total. The highest BCUT2D eigenvalue weighted by molar-refractivity contribution is 5.87. The summed E-state index contributed by atoms with van der Waals surface area (Å²) in [5, 5.41) is 0. The Balaban J connectivity index is 2.36. The van der Waals surface area contributed by atoms with Gasteiger partial charge in [-0.05, 0) is 12.1 Å². The molecule has 0 unspecified atom stereocenters. The van der Waals surface area contributed by atoms with Crippen molar-refractivity contribution in [3.63, 3.8) is 0 Å². The van der Waals surface area contributed by atoms with Crippen LogP contribution in [0.5, 0.6) is 0 Å². The monoisotopic (exact) mass is 223 g/mol. The van der Waals surface area contributed by atoms with E-state index < -0.39 is 0 Å². The molecule has 0 radical (unpaired) electrons. The smallest absolute Gasteiger partial charge is 0.146 e. The van der Waals surface area contributed by atoms with Gasteiger partial charge < -0.3 is 10.2 Å². The second kappa shape index (κ2) is 6.23. The molecule has 1 heterocycles. The van der Waals surface area contributed by atoms with Gasteiger partial charge in [0.25, 0.3) is 0 Å². The van der Waals surface area contributed by atoms with E-state index in [4.69, 9.17) is 10.2 Å². The molecule has 0 amide bonds. The average Bonchev–Trinajstić information content (AvgIpc) is 2.73. The van der Waals surface area contributed by atoms with Gasteiger partial charge in [0.05, 0.1) is 13.0 Å². The Bertz CT molecular complexity index is 368. The van der Waals surface area contributed by atoms with Gasteiger partial charge in [0.15, 0.2) is 0 Å². The number of nitrogens with two attached hydrogens (primary N) is 1. The van der Waals surface area contributed by atoms with Crippen LogP contribution >= 0.6 is 0 Å². The molecule has 1 aromatic rings. The van der Waals surface area contributed by atoms with Crippen LogP contribution in [-0.2, 0) is 22.4 Å².